The van der Waals surface area contributed by atoms with Gasteiger partial charge >= 0.3 is 0 Å². The first-order valence-electron chi connectivity index (χ1n) is 7.18. The predicted octanol–water partition coefficient (Wildman–Crippen LogP) is 4.30. The van der Waals surface area contributed by atoms with Crippen molar-refractivity contribution in [1.82, 2.24) is 5.32 Å². The van der Waals surface area contributed by atoms with Gasteiger partial charge in [0.25, 0.3) is 0 Å². The molecule has 1 N–H and O–H groups in total. The largest absolute Gasteiger partial charge is 0.314 e. The number of hydrogen-bond acceptors (Lipinski definition) is 1. The zero-order chi connectivity index (χ0) is 13.0. The zero-order valence-corrected chi connectivity index (χ0v) is 12.2. The molecule has 18 heavy (non-hydrogen) atoms. The molecule has 0 amide bonds. The van der Waals surface area contributed by atoms with Crippen LogP contribution in [0.3, 0.4) is 0 Å². The van der Waals surface area contributed by atoms with Crippen molar-refractivity contribution in [1.29, 1.82) is 0 Å². The van der Waals surface area contributed by atoms with E-state index in [0.717, 1.165) is 29.8 Å². The van der Waals surface area contributed by atoms with Crippen LogP contribution in [0, 0.1) is 11.8 Å². The van der Waals surface area contributed by atoms with Crippen LogP contribution >= 0.6 is 11.6 Å². The van der Waals surface area contributed by atoms with E-state index in [1.165, 1.54) is 24.8 Å². The number of hydrogen-bond donors (Lipinski definition) is 1. The minimum atomic E-state index is 0.619. The van der Waals surface area contributed by atoms with Crippen molar-refractivity contribution in [2.45, 2.75) is 45.6 Å². The van der Waals surface area contributed by atoms with Gasteiger partial charge < -0.3 is 5.32 Å². The molecular weight excluding hydrogens is 242 g/mol. The number of nitrogens with one attached hydrogen (secondary N) is 1. The summed E-state index contributed by atoms with van der Waals surface area (Å²) >= 11 is 5.94. The van der Waals surface area contributed by atoms with Crippen LogP contribution in [0.25, 0.3) is 0 Å². The smallest absolute Gasteiger partial charge is 0.0406 e. The first-order valence-corrected chi connectivity index (χ1v) is 7.56. The van der Waals surface area contributed by atoms with Crippen LogP contribution in [-0.2, 0) is 6.42 Å². The Morgan fingerprint density at radius 3 is 2.56 bits per heavy atom. The molecule has 0 bridgehead atoms. The summed E-state index contributed by atoms with van der Waals surface area (Å²) in [4.78, 5) is 0. The first-order chi connectivity index (χ1) is 8.70. The molecule has 1 aromatic rings. The summed E-state index contributed by atoms with van der Waals surface area (Å²) in [6.07, 6.45) is 5.30. The van der Waals surface area contributed by atoms with Gasteiger partial charge in [-0.1, -0.05) is 50.4 Å². The standard InChI is InChI=1S/C16H24ClN/c1-3-18-16(15-6-4-5-12(15)2)11-13-7-9-14(17)10-8-13/h7-10,12,15-16,18H,3-6,11H2,1-2H3. The number of halogens is 1. The highest BCUT2D eigenvalue weighted by atomic mass is 35.5. The average Bonchev–Trinajstić information content (AvgIpc) is 2.78. The van der Waals surface area contributed by atoms with E-state index in [4.69, 9.17) is 11.6 Å². The van der Waals surface area contributed by atoms with E-state index in [1.807, 2.05) is 12.1 Å². The third-order valence-electron chi connectivity index (χ3n) is 4.28. The third kappa shape index (κ3) is 3.49. The average molecular weight is 266 g/mol. The molecule has 0 radical (unpaired) electrons. The number of rotatable bonds is 5. The minimum Gasteiger partial charge on any atom is -0.314 e. The van der Waals surface area contributed by atoms with E-state index in [9.17, 15) is 0 Å². The monoisotopic (exact) mass is 265 g/mol. The van der Waals surface area contributed by atoms with Gasteiger partial charge in [0.15, 0.2) is 0 Å². The Kier molecular flexibility index (Phi) is 5.08. The van der Waals surface area contributed by atoms with Gasteiger partial charge in [0.05, 0.1) is 0 Å². The van der Waals surface area contributed by atoms with Gasteiger partial charge in [-0.25, -0.2) is 0 Å². The molecule has 0 saturated heterocycles. The molecule has 2 heteroatoms. The van der Waals surface area contributed by atoms with Crippen LogP contribution < -0.4 is 5.32 Å². The highest BCUT2D eigenvalue weighted by Crippen LogP contribution is 2.34. The summed E-state index contributed by atoms with van der Waals surface area (Å²) < 4.78 is 0. The van der Waals surface area contributed by atoms with E-state index in [1.54, 1.807) is 0 Å². The Morgan fingerprint density at radius 1 is 1.28 bits per heavy atom. The highest BCUT2D eigenvalue weighted by molar-refractivity contribution is 6.30. The van der Waals surface area contributed by atoms with Crippen molar-refractivity contribution in [3.8, 4) is 0 Å². The van der Waals surface area contributed by atoms with Gasteiger partial charge in [-0.15, -0.1) is 0 Å². The predicted molar refractivity (Wildman–Crippen MR) is 79.1 cm³/mol. The van der Waals surface area contributed by atoms with Crippen LogP contribution in [-0.4, -0.2) is 12.6 Å². The highest BCUT2D eigenvalue weighted by Gasteiger charge is 2.30. The normalized spacial score (nSPS) is 25.3. The Hall–Kier alpha value is -0.530. The van der Waals surface area contributed by atoms with Gasteiger partial charge in [0.2, 0.25) is 0 Å². The third-order valence-corrected chi connectivity index (χ3v) is 4.53. The van der Waals surface area contributed by atoms with Crippen molar-refractivity contribution in [3.05, 3.63) is 34.9 Å². The van der Waals surface area contributed by atoms with Crippen LogP contribution in [0.1, 0.15) is 38.7 Å². The molecule has 0 spiro atoms. The molecule has 100 valence electrons. The maximum absolute atomic E-state index is 5.94. The molecule has 0 aliphatic heterocycles. The van der Waals surface area contributed by atoms with Gasteiger partial charge in [-0.2, -0.15) is 0 Å². The lowest BCUT2D eigenvalue weighted by atomic mass is 9.86. The van der Waals surface area contributed by atoms with Crippen LogP contribution in [0.4, 0.5) is 0 Å². The van der Waals surface area contributed by atoms with Crippen molar-refractivity contribution >= 4 is 11.6 Å². The summed E-state index contributed by atoms with van der Waals surface area (Å²) in [6, 6.07) is 8.93. The summed E-state index contributed by atoms with van der Waals surface area (Å²) in [5.41, 5.74) is 1.39. The molecule has 3 atom stereocenters. The SMILES string of the molecule is CCNC(Cc1ccc(Cl)cc1)C1CCCC1C. The van der Waals surface area contributed by atoms with Crippen LogP contribution in [0.2, 0.25) is 5.02 Å². The fourth-order valence-electron chi connectivity index (χ4n) is 3.28. The van der Waals surface area contributed by atoms with Gasteiger partial charge in [-0.05, 0) is 48.9 Å². The maximum atomic E-state index is 5.94. The second kappa shape index (κ2) is 6.58. The van der Waals surface area contributed by atoms with Gasteiger partial charge in [-0.3, -0.25) is 0 Å². The molecule has 3 unspecified atom stereocenters. The van der Waals surface area contributed by atoms with Crippen molar-refractivity contribution < 1.29 is 0 Å². The Bertz CT molecular complexity index is 360. The summed E-state index contributed by atoms with van der Waals surface area (Å²) in [5, 5.41) is 4.51. The molecule has 1 fully saturated rings. The summed E-state index contributed by atoms with van der Waals surface area (Å²) in [5.74, 6) is 1.70. The van der Waals surface area contributed by atoms with E-state index in [2.05, 4.69) is 31.3 Å². The van der Waals surface area contributed by atoms with E-state index >= 15 is 0 Å². The van der Waals surface area contributed by atoms with Crippen molar-refractivity contribution in [3.63, 3.8) is 0 Å². The van der Waals surface area contributed by atoms with Gasteiger partial charge in [0.1, 0.15) is 0 Å². The summed E-state index contributed by atoms with van der Waals surface area (Å²) in [7, 11) is 0. The first kappa shape index (κ1) is 13.9. The van der Waals surface area contributed by atoms with Crippen LogP contribution in [0.15, 0.2) is 24.3 Å². The fraction of sp³-hybridized carbons (Fsp3) is 0.625. The van der Waals surface area contributed by atoms with E-state index in [-0.39, 0.29) is 0 Å². The van der Waals surface area contributed by atoms with Crippen molar-refractivity contribution in [2.24, 2.45) is 11.8 Å². The molecule has 0 aromatic heterocycles. The van der Waals surface area contributed by atoms with E-state index < -0.39 is 0 Å². The molecule has 1 saturated carbocycles. The van der Waals surface area contributed by atoms with Gasteiger partial charge in [0, 0.05) is 11.1 Å². The maximum Gasteiger partial charge on any atom is 0.0406 e. The molecule has 2 rings (SSSR count). The van der Waals surface area contributed by atoms with E-state index in [0.29, 0.717) is 6.04 Å². The van der Waals surface area contributed by atoms with Crippen molar-refractivity contribution in [2.75, 3.05) is 6.54 Å². The second-order valence-electron chi connectivity index (χ2n) is 5.57. The molecule has 1 nitrogen and oxygen atoms in total. The second-order valence-corrected chi connectivity index (χ2v) is 6.00. The lowest BCUT2D eigenvalue weighted by Crippen LogP contribution is -2.39. The zero-order valence-electron chi connectivity index (χ0n) is 11.5. The minimum absolute atomic E-state index is 0.619. The molecule has 1 aromatic carbocycles. The Labute approximate surface area is 116 Å². The molecule has 1 aliphatic rings. The number of likely N-dealkylation sites (N-methyl/N-ethyl adjacent to an activating group) is 1. The molecule has 1 aliphatic carbocycles. The topological polar surface area (TPSA) is 12.0 Å². The molecular formula is C16H24ClN. The number of benzene rings is 1. The summed E-state index contributed by atoms with van der Waals surface area (Å²) in [6.45, 7) is 5.67. The Balaban J connectivity index is 2.03. The fourth-order valence-corrected chi connectivity index (χ4v) is 3.41. The Morgan fingerprint density at radius 2 is 2.00 bits per heavy atom. The lowest BCUT2D eigenvalue weighted by Gasteiger charge is -2.28. The quantitative estimate of drug-likeness (QED) is 0.837. The molecule has 0 heterocycles. The van der Waals surface area contributed by atoms with Crippen LogP contribution in [0.5, 0.6) is 0 Å². The lowest BCUT2D eigenvalue weighted by molar-refractivity contribution is 0.298.